The van der Waals surface area contributed by atoms with Gasteiger partial charge in [-0.05, 0) is 33.8 Å². The summed E-state index contributed by atoms with van der Waals surface area (Å²) in [6.07, 6.45) is 3.25. The predicted octanol–water partition coefficient (Wildman–Crippen LogP) is 5.05. The van der Waals surface area contributed by atoms with Gasteiger partial charge in [0.05, 0.1) is 17.8 Å². The number of aromatic nitrogens is 3. The average Bonchev–Trinajstić information content (AvgIpc) is 3.39. The molecule has 0 aliphatic heterocycles. The maximum atomic E-state index is 13.2. The van der Waals surface area contributed by atoms with E-state index < -0.39 is 6.04 Å². The van der Waals surface area contributed by atoms with Gasteiger partial charge in [0.2, 0.25) is 5.78 Å². The largest absolute Gasteiger partial charge is 0.482 e. The molecule has 2 aliphatic carbocycles. The average molecular weight is 508 g/mol. The summed E-state index contributed by atoms with van der Waals surface area (Å²) in [5.41, 5.74) is 3.56. The first-order valence-electron chi connectivity index (χ1n) is 12.2. The van der Waals surface area contributed by atoms with Gasteiger partial charge in [-0.15, -0.1) is 5.10 Å². The Morgan fingerprint density at radius 2 is 1.42 bits per heavy atom. The van der Waals surface area contributed by atoms with E-state index in [2.05, 4.69) is 10.3 Å². The predicted molar refractivity (Wildman–Crippen MR) is 139 cm³/mol. The molecule has 8 heteroatoms. The number of carbonyl (C=O) groups is 4. The third-order valence-corrected chi connectivity index (χ3v) is 6.69. The van der Waals surface area contributed by atoms with Crippen LogP contribution in [0.5, 0.6) is 0 Å². The zero-order valence-electron chi connectivity index (χ0n) is 21.4. The van der Waals surface area contributed by atoms with E-state index in [0.717, 1.165) is 5.57 Å². The third kappa shape index (κ3) is 4.14. The van der Waals surface area contributed by atoms with Crippen molar-refractivity contribution in [2.24, 2.45) is 0 Å². The molecule has 0 saturated carbocycles. The molecule has 0 spiro atoms. The number of hydrogen-bond donors (Lipinski definition) is 0. The number of benzene rings is 2. The lowest BCUT2D eigenvalue weighted by Gasteiger charge is -2.23. The molecule has 0 amide bonds. The summed E-state index contributed by atoms with van der Waals surface area (Å²) in [6, 6.07) is 12.8. The highest BCUT2D eigenvalue weighted by Crippen LogP contribution is 2.33. The van der Waals surface area contributed by atoms with Crippen molar-refractivity contribution in [3.8, 4) is 0 Å². The van der Waals surface area contributed by atoms with E-state index in [1.165, 1.54) is 4.68 Å². The molecule has 2 aromatic carbocycles. The highest BCUT2D eigenvalue weighted by molar-refractivity contribution is 6.28. The van der Waals surface area contributed by atoms with Crippen LogP contribution in [0.15, 0.2) is 88.9 Å². The Bertz CT molecular complexity index is 1630. The zero-order valence-corrected chi connectivity index (χ0v) is 21.4. The molecule has 0 radical (unpaired) electrons. The first-order valence-corrected chi connectivity index (χ1v) is 12.2. The van der Waals surface area contributed by atoms with Crippen LogP contribution >= 0.6 is 0 Å². The topological polar surface area (TPSA) is 108 Å². The summed E-state index contributed by atoms with van der Waals surface area (Å²) in [6.45, 7) is 6.97. The molecule has 1 aromatic heterocycles. The van der Waals surface area contributed by atoms with Gasteiger partial charge in [-0.2, -0.15) is 0 Å². The minimum absolute atomic E-state index is 0.0410. The van der Waals surface area contributed by atoms with Gasteiger partial charge in [0.1, 0.15) is 12.3 Å². The van der Waals surface area contributed by atoms with Crippen molar-refractivity contribution in [3.63, 3.8) is 0 Å². The van der Waals surface area contributed by atoms with Crippen LogP contribution in [0.3, 0.4) is 0 Å². The molecule has 0 saturated heterocycles. The number of allylic oxidation sites excluding steroid dienone is 6. The second-order valence-electron chi connectivity index (χ2n) is 9.57. The number of ketones is 4. The number of carbonyl (C=O) groups excluding carboxylic acids is 4. The summed E-state index contributed by atoms with van der Waals surface area (Å²) in [4.78, 5) is 52.5. The van der Waals surface area contributed by atoms with Crippen LogP contribution in [0.1, 0.15) is 80.9 Å². The molecule has 8 nitrogen and oxygen atoms in total. The first-order chi connectivity index (χ1) is 18.2. The summed E-state index contributed by atoms with van der Waals surface area (Å²) in [7, 11) is 0. The zero-order chi connectivity index (χ0) is 27.1. The molecule has 3 aromatic rings. The molecule has 1 unspecified atom stereocenters. The fraction of sp³-hybridized carbons (Fsp3) is 0.200. The minimum atomic E-state index is -0.564. The quantitative estimate of drug-likeness (QED) is 0.459. The summed E-state index contributed by atoms with van der Waals surface area (Å²) >= 11 is 0. The van der Waals surface area contributed by atoms with E-state index in [0.29, 0.717) is 39.1 Å². The lowest BCUT2D eigenvalue weighted by Crippen LogP contribution is -2.26. The molecule has 1 heterocycles. The van der Waals surface area contributed by atoms with Gasteiger partial charge in [0, 0.05) is 33.4 Å². The number of rotatable bonds is 6. The molecule has 2 aliphatic rings. The Morgan fingerprint density at radius 3 is 2.03 bits per heavy atom. The van der Waals surface area contributed by atoms with Gasteiger partial charge in [-0.3, -0.25) is 19.2 Å². The Balaban J connectivity index is 1.41. The number of ether oxygens (including phenoxy) is 1. The fourth-order valence-corrected chi connectivity index (χ4v) is 4.80. The van der Waals surface area contributed by atoms with Crippen LogP contribution in [0.4, 0.5) is 0 Å². The van der Waals surface area contributed by atoms with Gasteiger partial charge in [-0.1, -0.05) is 59.3 Å². The van der Waals surface area contributed by atoms with E-state index in [1.54, 1.807) is 74.7 Å². The van der Waals surface area contributed by atoms with Crippen LogP contribution < -0.4 is 0 Å². The highest BCUT2D eigenvalue weighted by atomic mass is 16.5. The van der Waals surface area contributed by atoms with Gasteiger partial charge in [-0.25, -0.2) is 4.68 Å². The summed E-state index contributed by atoms with van der Waals surface area (Å²) < 4.78 is 7.37. The normalized spacial score (nSPS) is 15.9. The summed E-state index contributed by atoms with van der Waals surface area (Å²) in [5.74, 6) is -1.11. The van der Waals surface area contributed by atoms with Crippen molar-refractivity contribution < 1.29 is 23.9 Å². The van der Waals surface area contributed by atoms with Crippen LogP contribution in [-0.4, -0.2) is 38.1 Å². The third-order valence-electron chi connectivity index (χ3n) is 6.69. The SMILES string of the molecule is CC(C)=CC1=C(OCc2cn(C(C)C3=C(C)C(=O)c4ccccc4C3=O)nn2)C(=O)c2ccccc2C1=O. The molecular weight excluding hydrogens is 482 g/mol. The van der Waals surface area contributed by atoms with Crippen molar-refractivity contribution in [2.45, 2.75) is 40.3 Å². The second-order valence-corrected chi connectivity index (χ2v) is 9.57. The van der Waals surface area contributed by atoms with Crippen LogP contribution in [0.2, 0.25) is 0 Å². The number of hydrogen-bond acceptors (Lipinski definition) is 7. The second kappa shape index (κ2) is 9.63. The Morgan fingerprint density at radius 1 is 0.868 bits per heavy atom. The van der Waals surface area contributed by atoms with Gasteiger partial charge in [0.15, 0.2) is 23.1 Å². The van der Waals surface area contributed by atoms with Crippen LogP contribution in [0, 0.1) is 0 Å². The smallest absolute Gasteiger partial charge is 0.229 e. The van der Waals surface area contributed by atoms with Crippen molar-refractivity contribution in [2.75, 3.05) is 0 Å². The van der Waals surface area contributed by atoms with Crippen molar-refractivity contribution in [1.82, 2.24) is 15.0 Å². The van der Waals surface area contributed by atoms with E-state index in [9.17, 15) is 19.2 Å². The Hall–Kier alpha value is -4.72. The first kappa shape index (κ1) is 25.0. The van der Waals surface area contributed by atoms with Gasteiger partial charge >= 0.3 is 0 Å². The van der Waals surface area contributed by atoms with E-state index in [4.69, 9.17) is 4.74 Å². The number of nitrogens with zero attached hydrogens (tertiary/aromatic N) is 3. The van der Waals surface area contributed by atoms with Crippen LogP contribution in [-0.2, 0) is 11.3 Å². The van der Waals surface area contributed by atoms with Crippen LogP contribution in [0.25, 0.3) is 0 Å². The molecule has 190 valence electrons. The highest BCUT2D eigenvalue weighted by Gasteiger charge is 2.34. The van der Waals surface area contributed by atoms with Gasteiger partial charge < -0.3 is 4.74 Å². The molecule has 0 N–H and O–H groups in total. The maximum Gasteiger partial charge on any atom is 0.229 e. The van der Waals surface area contributed by atoms with Crippen molar-refractivity contribution in [1.29, 1.82) is 0 Å². The van der Waals surface area contributed by atoms with Crippen molar-refractivity contribution in [3.05, 3.63) is 117 Å². The molecular formula is C30H25N3O5. The molecule has 38 heavy (non-hydrogen) atoms. The Kier molecular flexibility index (Phi) is 6.32. The molecule has 0 fully saturated rings. The van der Waals surface area contributed by atoms with Crippen molar-refractivity contribution >= 4 is 23.1 Å². The standard InChI is InChI=1S/C30H25N3O5/c1-16(2)13-24-27(35)21-10-6-8-12-23(21)29(37)30(24)38-15-19-14-33(32-31-19)18(4)25-17(3)26(34)20-9-5-7-11-22(20)28(25)36/h5-14,18H,15H2,1-4H3. The van der Waals surface area contributed by atoms with E-state index >= 15 is 0 Å². The Labute approximate surface area is 219 Å². The molecule has 1 atom stereocenters. The molecule has 0 bridgehead atoms. The van der Waals surface area contributed by atoms with E-state index in [-0.39, 0.29) is 41.1 Å². The lowest BCUT2D eigenvalue weighted by molar-refractivity contribution is 0.0859. The summed E-state index contributed by atoms with van der Waals surface area (Å²) in [5, 5.41) is 8.29. The lowest BCUT2D eigenvalue weighted by atomic mass is 9.82. The molecule has 5 rings (SSSR count). The maximum absolute atomic E-state index is 13.2. The minimum Gasteiger partial charge on any atom is -0.482 e. The fourth-order valence-electron chi connectivity index (χ4n) is 4.80. The number of Topliss-reactive ketones (excluding diaryl/α,β-unsaturated/α-hetero) is 4. The van der Waals surface area contributed by atoms with Gasteiger partial charge in [0.25, 0.3) is 0 Å². The number of fused-ring (bicyclic) bond motifs is 2. The monoisotopic (exact) mass is 507 g/mol. The van der Waals surface area contributed by atoms with E-state index in [1.807, 2.05) is 13.8 Å².